The lowest BCUT2D eigenvalue weighted by atomic mass is 10.2. The van der Waals surface area contributed by atoms with E-state index in [-0.39, 0.29) is 0 Å². The van der Waals surface area contributed by atoms with Gasteiger partial charge < -0.3 is 10.2 Å². The molecule has 1 aliphatic rings. The van der Waals surface area contributed by atoms with Crippen LogP contribution in [0.4, 0.5) is 0 Å². The predicted molar refractivity (Wildman–Crippen MR) is 61.5 cm³/mol. The van der Waals surface area contributed by atoms with Crippen molar-refractivity contribution in [3.63, 3.8) is 0 Å². The van der Waals surface area contributed by atoms with Gasteiger partial charge in [-0.15, -0.1) is 0 Å². The Morgan fingerprint density at radius 3 is 2.50 bits per heavy atom. The van der Waals surface area contributed by atoms with Gasteiger partial charge in [0.1, 0.15) is 5.15 Å². The van der Waals surface area contributed by atoms with Crippen LogP contribution in [0.1, 0.15) is 5.56 Å². The van der Waals surface area contributed by atoms with Crippen molar-refractivity contribution in [1.82, 2.24) is 9.88 Å². The van der Waals surface area contributed by atoms with Crippen LogP contribution >= 0.6 is 23.2 Å². The molecule has 1 saturated heterocycles. The first-order valence-corrected chi connectivity index (χ1v) is 5.70. The summed E-state index contributed by atoms with van der Waals surface area (Å²) in [6, 6.07) is 1.58. The highest BCUT2D eigenvalue weighted by atomic mass is 35.5. The quantitative estimate of drug-likeness (QED) is 0.779. The number of likely N-dealkylation sites (tertiary alicyclic amines) is 1. The zero-order chi connectivity index (χ0) is 11.7. The number of hydrogen-bond acceptors (Lipinski definition) is 4. The van der Waals surface area contributed by atoms with E-state index >= 15 is 0 Å². The Morgan fingerprint density at radius 1 is 1.31 bits per heavy atom. The Labute approximate surface area is 103 Å². The molecule has 0 saturated carbocycles. The summed E-state index contributed by atoms with van der Waals surface area (Å²) in [6.07, 6.45) is 0.250. The summed E-state index contributed by atoms with van der Waals surface area (Å²) in [6.45, 7) is 1.44. The SMILES string of the molecule is O[C@@H]1CN(Cc2cnc(Cl)cc2Cl)C[C@@H]1O. The Hall–Kier alpha value is -0.390. The van der Waals surface area contributed by atoms with Crippen LogP contribution in [-0.2, 0) is 6.54 Å². The maximum absolute atomic E-state index is 9.40. The van der Waals surface area contributed by atoms with Gasteiger partial charge in [-0.1, -0.05) is 23.2 Å². The number of nitrogens with zero attached hydrogens (tertiary/aromatic N) is 2. The molecule has 16 heavy (non-hydrogen) atoms. The zero-order valence-electron chi connectivity index (χ0n) is 8.48. The van der Waals surface area contributed by atoms with Crippen molar-refractivity contribution in [2.24, 2.45) is 0 Å². The van der Waals surface area contributed by atoms with Crippen molar-refractivity contribution in [2.75, 3.05) is 13.1 Å². The number of hydrogen-bond donors (Lipinski definition) is 2. The summed E-state index contributed by atoms with van der Waals surface area (Å²) in [4.78, 5) is 5.87. The fourth-order valence-corrected chi connectivity index (χ4v) is 2.19. The fourth-order valence-electron chi connectivity index (χ4n) is 1.77. The number of rotatable bonds is 2. The van der Waals surface area contributed by atoms with Crippen LogP contribution in [0.5, 0.6) is 0 Å². The molecular weight excluding hydrogens is 251 g/mol. The molecule has 0 radical (unpaired) electrons. The first-order valence-electron chi connectivity index (χ1n) is 4.94. The molecule has 2 heterocycles. The van der Waals surface area contributed by atoms with E-state index in [0.29, 0.717) is 29.8 Å². The topological polar surface area (TPSA) is 56.6 Å². The fraction of sp³-hybridized carbons (Fsp3) is 0.500. The van der Waals surface area contributed by atoms with Crippen molar-refractivity contribution in [2.45, 2.75) is 18.8 Å². The van der Waals surface area contributed by atoms with Crippen LogP contribution in [0.3, 0.4) is 0 Å². The lowest BCUT2D eigenvalue weighted by Crippen LogP contribution is -2.22. The Kier molecular flexibility index (Phi) is 3.66. The first-order chi connectivity index (χ1) is 7.56. The highest BCUT2D eigenvalue weighted by molar-refractivity contribution is 6.34. The van der Waals surface area contributed by atoms with Crippen molar-refractivity contribution < 1.29 is 10.2 Å². The Morgan fingerprint density at radius 2 is 1.94 bits per heavy atom. The summed E-state index contributed by atoms with van der Waals surface area (Å²) in [5.74, 6) is 0. The van der Waals surface area contributed by atoms with E-state index in [1.165, 1.54) is 0 Å². The molecule has 1 aliphatic heterocycles. The van der Waals surface area contributed by atoms with Gasteiger partial charge in [-0.05, 0) is 6.07 Å². The van der Waals surface area contributed by atoms with E-state index in [2.05, 4.69) is 4.98 Å². The number of pyridine rings is 1. The smallest absolute Gasteiger partial charge is 0.130 e. The largest absolute Gasteiger partial charge is 0.389 e. The molecular formula is C10H12Cl2N2O2. The van der Waals surface area contributed by atoms with Gasteiger partial charge in [-0.25, -0.2) is 4.98 Å². The molecule has 0 bridgehead atoms. The number of halogens is 2. The lowest BCUT2D eigenvalue weighted by molar-refractivity contribution is 0.0572. The molecule has 2 rings (SSSR count). The lowest BCUT2D eigenvalue weighted by Gasteiger charge is -2.15. The zero-order valence-corrected chi connectivity index (χ0v) is 9.99. The van der Waals surface area contributed by atoms with Crippen molar-refractivity contribution in [1.29, 1.82) is 0 Å². The minimum atomic E-state index is -0.681. The summed E-state index contributed by atoms with van der Waals surface area (Å²) in [5, 5.41) is 19.7. The predicted octanol–water partition coefficient (Wildman–Crippen LogP) is 0.926. The summed E-state index contributed by atoms with van der Waals surface area (Å²) >= 11 is 11.7. The third-order valence-electron chi connectivity index (χ3n) is 2.62. The minimum absolute atomic E-state index is 0.357. The number of β-amino-alcohol motifs (C(OH)–C–C–N with tert-alkyl or cyclic N) is 2. The van der Waals surface area contributed by atoms with Crippen molar-refractivity contribution in [3.05, 3.63) is 28.0 Å². The third kappa shape index (κ3) is 2.64. The molecule has 1 fully saturated rings. The van der Waals surface area contributed by atoms with E-state index < -0.39 is 12.2 Å². The van der Waals surface area contributed by atoms with Gasteiger partial charge in [0.05, 0.1) is 12.2 Å². The van der Waals surface area contributed by atoms with Crippen LogP contribution in [-0.4, -0.2) is 45.4 Å². The van der Waals surface area contributed by atoms with E-state index in [1.807, 2.05) is 4.90 Å². The molecule has 2 atom stereocenters. The van der Waals surface area contributed by atoms with E-state index in [1.54, 1.807) is 12.3 Å². The van der Waals surface area contributed by atoms with E-state index in [0.717, 1.165) is 5.56 Å². The van der Waals surface area contributed by atoms with Gasteiger partial charge in [-0.2, -0.15) is 0 Å². The molecule has 0 unspecified atom stereocenters. The number of aromatic nitrogens is 1. The second kappa shape index (κ2) is 4.85. The molecule has 88 valence electrons. The maximum atomic E-state index is 9.40. The molecule has 1 aromatic heterocycles. The average Bonchev–Trinajstić information content (AvgIpc) is 2.51. The van der Waals surface area contributed by atoms with Crippen LogP contribution < -0.4 is 0 Å². The van der Waals surface area contributed by atoms with Crippen LogP contribution in [0.25, 0.3) is 0 Å². The van der Waals surface area contributed by atoms with Crippen LogP contribution in [0.2, 0.25) is 10.2 Å². The monoisotopic (exact) mass is 262 g/mol. The van der Waals surface area contributed by atoms with Gasteiger partial charge >= 0.3 is 0 Å². The second-order valence-corrected chi connectivity index (χ2v) is 4.72. The Balaban J connectivity index is 2.05. The molecule has 0 spiro atoms. The molecule has 1 aromatic rings. The van der Waals surface area contributed by atoms with Gasteiger partial charge in [-0.3, -0.25) is 4.90 Å². The molecule has 0 aliphatic carbocycles. The Bertz CT molecular complexity index is 379. The molecule has 0 aromatic carbocycles. The van der Waals surface area contributed by atoms with Crippen LogP contribution in [0, 0.1) is 0 Å². The third-order valence-corrected chi connectivity index (χ3v) is 3.18. The standard InChI is InChI=1S/C10H12Cl2N2O2/c11-7-1-10(12)13-2-6(7)3-14-4-8(15)9(16)5-14/h1-2,8-9,15-16H,3-5H2/t8-,9+. The van der Waals surface area contributed by atoms with E-state index in [4.69, 9.17) is 23.2 Å². The minimum Gasteiger partial charge on any atom is -0.389 e. The number of aliphatic hydroxyl groups excluding tert-OH is 2. The normalized spacial score (nSPS) is 26.2. The summed E-state index contributed by atoms with van der Waals surface area (Å²) < 4.78 is 0. The van der Waals surface area contributed by atoms with Gasteiger partial charge in [0.25, 0.3) is 0 Å². The number of aliphatic hydroxyl groups is 2. The van der Waals surface area contributed by atoms with E-state index in [9.17, 15) is 10.2 Å². The molecule has 0 amide bonds. The van der Waals surface area contributed by atoms with Gasteiger partial charge in [0.15, 0.2) is 0 Å². The average molecular weight is 263 g/mol. The first kappa shape index (κ1) is 12.1. The summed E-state index contributed by atoms with van der Waals surface area (Å²) in [7, 11) is 0. The highest BCUT2D eigenvalue weighted by Gasteiger charge is 2.29. The van der Waals surface area contributed by atoms with Crippen molar-refractivity contribution >= 4 is 23.2 Å². The van der Waals surface area contributed by atoms with Crippen molar-refractivity contribution in [3.8, 4) is 0 Å². The van der Waals surface area contributed by atoms with Gasteiger partial charge in [0.2, 0.25) is 0 Å². The second-order valence-electron chi connectivity index (χ2n) is 3.93. The highest BCUT2D eigenvalue weighted by Crippen LogP contribution is 2.22. The molecule has 6 heteroatoms. The molecule has 2 N–H and O–H groups in total. The summed E-state index contributed by atoms with van der Waals surface area (Å²) in [5.41, 5.74) is 0.840. The van der Waals surface area contributed by atoms with Gasteiger partial charge in [0, 0.05) is 36.4 Å². The molecule has 4 nitrogen and oxygen atoms in total. The maximum Gasteiger partial charge on any atom is 0.130 e. The van der Waals surface area contributed by atoms with Crippen LogP contribution in [0.15, 0.2) is 12.3 Å².